The van der Waals surface area contributed by atoms with Crippen molar-refractivity contribution in [2.45, 2.75) is 258 Å². The third-order valence-electron chi connectivity index (χ3n) is 11.6. The molecule has 1 unspecified atom stereocenters. The highest BCUT2D eigenvalue weighted by Crippen LogP contribution is 2.14. The first-order valence-electron chi connectivity index (χ1n) is 27.8. The van der Waals surface area contributed by atoms with Crippen LogP contribution in [0.25, 0.3) is 0 Å². The van der Waals surface area contributed by atoms with Crippen LogP contribution in [-0.2, 0) is 23.8 Å². The standard InChI is InChI=1S/C61H104O5/c1-4-7-10-13-16-19-22-25-28-31-33-36-39-42-45-48-51-54-60(62)65-58-59(57-64-56-53-50-47-44-41-38-35-30-27-24-21-18-15-12-9-6-3)66-61(63)55-52-49-46-43-40-37-34-32-29-26-23-20-17-14-11-8-5-2/h7,9-10,12,16,18-19,21,25-30,33,36,59H,4-6,8,11,13-15,17,20,22-24,31-32,34-35,37-58H2,1-3H3/b10-7-,12-9-,19-16-,21-18-,28-25-,29-26-,30-27-,36-33-. The Labute approximate surface area is 409 Å². The first kappa shape index (κ1) is 62.8. The largest absolute Gasteiger partial charge is 0.462 e. The molecule has 0 saturated carbocycles. The second-order valence-corrected chi connectivity index (χ2v) is 18.1. The zero-order valence-electron chi connectivity index (χ0n) is 43.4. The zero-order chi connectivity index (χ0) is 47.7. The van der Waals surface area contributed by atoms with Crippen molar-refractivity contribution in [2.75, 3.05) is 19.8 Å². The lowest BCUT2D eigenvalue weighted by Crippen LogP contribution is -2.30. The van der Waals surface area contributed by atoms with E-state index in [2.05, 4.69) is 118 Å². The predicted molar refractivity (Wildman–Crippen MR) is 288 cm³/mol. The van der Waals surface area contributed by atoms with Gasteiger partial charge < -0.3 is 14.2 Å². The topological polar surface area (TPSA) is 61.8 Å². The Balaban J connectivity index is 4.36. The second-order valence-electron chi connectivity index (χ2n) is 18.1. The smallest absolute Gasteiger partial charge is 0.306 e. The summed E-state index contributed by atoms with van der Waals surface area (Å²) in [5.74, 6) is -0.436. The van der Waals surface area contributed by atoms with Gasteiger partial charge in [0.1, 0.15) is 6.61 Å². The molecule has 0 fully saturated rings. The molecule has 0 heterocycles. The molecule has 378 valence electrons. The Kier molecular flexibility index (Phi) is 53.4. The number of esters is 2. The molecule has 1 atom stereocenters. The number of carbonyl (C=O) groups excluding carboxylic acids is 2. The lowest BCUT2D eigenvalue weighted by molar-refractivity contribution is -0.163. The normalized spacial score (nSPS) is 13.0. The monoisotopic (exact) mass is 917 g/mol. The van der Waals surface area contributed by atoms with Gasteiger partial charge in [0.25, 0.3) is 0 Å². The van der Waals surface area contributed by atoms with Crippen LogP contribution < -0.4 is 0 Å². The molecule has 5 heteroatoms. The van der Waals surface area contributed by atoms with Crippen molar-refractivity contribution in [1.82, 2.24) is 0 Å². The summed E-state index contributed by atoms with van der Waals surface area (Å²) in [6, 6.07) is 0. The Morgan fingerprint density at radius 1 is 0.348 bits per heavy atom. The Morgan fingerprint density at radius 2 is 0.682 bits per heavy atom. The van der Waals surface area contributed by atoms with E-state index in [1.807, 2.05) is 0 Å². The summed E-state index contributed by atoms with van der Waals surface area (Å²) in [6.45, 7) is 7.55. The number of unbranched alkanes of at least 4 members (excludes halogenated alkanes) is 23. The van der Waals surface area contributed by atoms with Crippen LogP contribution in [-0.4, -0.2) is 37.9 Å². The van der Waals surface area contributed by atoms with E-state index in [9.17, 15) is 9.59 Å². The zero-order valence-corrected chi connectivity index (χ0v) is 43.4. The number of hydrogen-bond donors (Lipinski definition) is 0. The first-order chi connectivity index (χ1) is 32.6. The van der Waals surface area contributed by atoms with Gasteiger partial charge in [-0.2, -0.15) is 0 Å². The van der Waals surface area contributed by atoms with Gasteiger partial charge in [-0.25, -0.2) is 0 Å². The Hall–Kier alpha value is -3.18. The average Bonchev–Trinajstić information content (AvgIpc) is 3.32. The highest BCUT2D eigenvalue weighted by molar-refractivity contribution is 5.70. The molecule has 0 amide bonds. The van der Waals surface area contributed by atoms with E-state index < -0.39 is 6.10 Å². The number of ether oxygens (including phenoxy) is 3. The van der Waals surface area contributed by atoms with E-state index in [1.54, 1.807) is 0 Å². The molecule has 0 aromatic rings. The molecule has 0 spiro atoms. The third kappa shape index (κ3) is 53.4. The lowest BCUT2D eigenvalue weighted by Gasteiger charge is -2.18. The average molecular weight is 917 g/mol. The molecular formula is C61H104O5. The van der Waals surface area contributed by atoms with Gasteiger partial charge in [0, 0.05) is 19.4 Å². The van der Waals surface area contributed by atoms with Gasteiger partial charge >= 0.3 is 11.9 Å². The summed E-state index contributed by atoms with van der Waals surface area (Å²) in [6.07, 6.45) is 75.6. The summed E-state index contributed by atoms with van der Waals surface area (Å²) >= 11 is 0. The van der Waals surface area contributed by atoms with Crippen LogP contribution in [0.1, 0.15) is 252 Å². The summed E-state index contributed by atoms with van der Waals surface area (Å²) in [4.78, 5) is 25.5. The quantitative estimate of drug-likeness (QED) is 0.0346. The van der Waals surface area contributed by atoms with Crippen molar-refractivity contribution in [3.8, 4) is 0 Å². The minimum absolute atomic E-state index is 0.0612. The van der Waals surface area contributed by atoms with Crippen LogP contribution in [0.2, 0.25) is 0 Å². The van der Waals surface area contributed by atoms with Crippen LogP contribution in [0.3, 0.4) is 0 Å². The number of rotatable bonds is 50. The van der Waals surface area contributed by atoms with Crippen molar-refractivity contribution >= 4 is 11.9 Å². The molecule has 0 radical (unpaired) electrons. The number of allylic oxidation sites excluding steroid dienone is 16. The van der Waals surface area contributed by atoms with Gasteiger partial charge in [-0.15, -0.1) is 0 Å². The highest BCUT2D eigenvalue weighted by atomic mass is 16.6. The van der Waals surface area contributed by atoms with E-state index in [0.29, 0.717) is 19.4 Å². The third-order valence-corrected chi connectivity index (χ3v) is 11.6. The van der Waals surface area contributed by atoms with E-state index in [4.69, 9.17) is 14.2 Å². The van der Waals surface area contributed by atoms with Crippen molar-refractivity contribution < 1.29 is 23.8 Å². The van der Waals surface area contributed by atoms with Crippen LogP contribution in [0.5, 0.6) is 0 Å². The van der Waals surface area contributed by atoms with Crippen LogP contribution >= 0.6 is 0 Å². The SMILES string of the molecule is CC/C=C\C/C=C\C/C=C\C/C=C\CCCCCCC(=O)OCC(COCCCCCCCC/C=C\C/C=C\C/C=C\CC)OC(=O)CCCCCCCCC/C=C\CCCCCCCC. The molecule has 0 aliphatic rings. The van der Waals surface area contributed by atoms with Gasteiger partial charge in [0.15, 0.2) is 6.10 Å². The van der Waals surface area contributed by atoms with Crippen LogP contribution in [0.4, 0.5) is 0 Å². The van der Waals surface area contributed by atoms with E-state index >= 15 is 0 Å². The lowest BCUT2D eigenvalue weighted by atomic mass is 10.1. The van der Waals surface area contributed by atoms with Crippen molar-refractivity contribution in [1.29, 1.82) is 0 Å². The number of carbonyl (C=O) groups is 2. The molecule has 0 N–H and O–H groups in total. The summed E-state index contributed by atoms with van der Waals surface area (Å²) in [5, 5.41) is 0. The minimum Gasteiger partial charge on any atom is -0.462 e. The molecule has 0 rings (SSSR count). The molecular weight excluding hydrogens is 813 g/mol. The maximum atomic E-state index is 12.9. The Bertz CT molecular complexity index is 1270. The van der Waals surface area contributed by atoms with E-state index in [1.165, 1.54) is 103 Å². The number of hydrogen-bond acceptors (Lipinski definition) is 5. The fraction of sp³-hybridized carbons (Fsp3) is 0.705. The van der Waals surface area contributed by atoms with Gasteiger partial charge in [0.2, 0.25) is 0 Å². The molecule has 0 aromatic heterocycles. The van der Waals surface area contributed by atoms with Gasteiger partial charge in [-0.3, -0.25) is 9.59 Å². The fourth-order valence-corrected chi connectivity index (χ4v) is 7.51. The summed E-state index contributed by atoms with van der Waals surface area (Å²) in [7, 11) is 0. The van der Waals surface area contributed by atoms with Crippen molar-refractivity contribution in [2.24, 2.45) is 0 Å². The summed E-state index contributed by atoms with van der Waals surface area (Å²) in [5.41, 5.74) is 0. The second kappa shape index (κ2) is 56.1. The van der Waals surface area contributed by atoms with Crippen LogP contribution in [0.15, 0.2) is 97.2 Å². The maximum Gasteiger partial charge on any atom is 0.306 e. The van der Waals surface area contributed by atoms with E-state index in [-0.39, 0.29) is 25.2 Å². The first-order valence-corrected chi connectivity index (χ1v) is 27.8. The van der Waals surface area contributed by atoms with Crippen LogP contribution in [0, 0.1) is 0 Å². The van der Waals surface area contributed by atoms with Crippen molar-refractivity contribution in [3.63, 3.8) is 0 Å². The highest BCUT2D eigenvalue weighted by Gasteiger charge is 2.17. The van der Waals surface area contributed by atoms with E-state index in [0.717, 1.165) is 116 Å². The summed E-state index contributed by atoms with van der Waals surface area (Å²) < 4.78 is 17.4. The van der Waals surface area contributed by atoms with Gasteiger partial charge in [-0.1, -0.05) is 221 Å². The minimum atomic E-state index is -0.561. The molecule has 0 aromatic carbocycles. The maximum absolute atomic E-state index is 12.9. The molecule has 0 saturated heterocycles. The molecule has 5 nitrogen and oxygen atoms in total. The van der Waals surface area contributed by atoms with Crippen molar-refractivity contribution in [3.05, 3.63) is 97.2 Å². The fourth-order valence-electron chi connectivity index (χ4n) is 7.51. The molecule has 0 aliphatic heterocycles. The molecule has 0 aliphatic carbocycles. The predicted octanol–water partition coefficient (Wildman–Crippen LogP) is 19.0. The molecule has 0 bridgehead atoms. The van der Waals surface area contributed by atoms with Gasteiger partial charge in [0.05, 0.1) is 6.61 Å². The van der Waals surface area contributed by atoms with Gasteiger partial charge in [-0.05, 0) is 116 Å². The Morgan fingerprint density at radius 3 is 1.11 bits per heavy atom. The molecule has 66 heavy (non-hydrogen) atoms.